The minimum absolute atomic E-state index is 0.0596. The molecular formula is C17H21NO3S2. The number of carbonyl (C=O) groups is 1. The number of furan rings is 1. The Kier molecular flexibility index (Phi) is 7.42. The van der Waals surface area contributed by atoms with Crippen LogP contribution in [0.25, 0.3) is 0 Å². The number of thioether (sulfide) groups is 2. The van der Waals surface area contributed by atoms with Crippen molar-refractivity contribution >= 4 is 29.4 Å². The second-order valence-electron chi connectivity index (χ2n) is 4.86. The van der Waals surface area contributed by atoms with Gasteiger partial charge in [-0.25, -0.2) is 0 Å². The molecule has 0 aliphatic heterocycles. The van der Waals surface area contributed by atoms with Crippen molar-refractivity contribution in [1.29, 1.82) is 0 Å². The van der Waals surface area contributed by atoms with Crippen LogP contribution in [0, 0.1) is 0 Å². The lowest BCUT2D eigenvalue weighted by atomic mass is 10.3. The number of benzene rings is 1. The van der Waals surface area contributed by atoms with E-state index in [0.717, 1.165) is 27.9 Å². The highest BCUT2D eigenvalue weighted by atomic mass is 32.2. The molecule has 1 aromatic carbocycles. The van der Waals surface area contributed by atoms with Crippen LogP contribution in [0.5, 0.6) is 5.75 Å². The molecule has 4 nitrogen and oxygen atoms in total. The fourth-order valence-electron chi connectivity index (χ4n) is 1.87. The minimum atomic E-state index is -0.126. The first kappa shape index (κ1) is 17.8. The molecule has 0 bridgehead atoms. The fourth-order valence-corrected chi connectivity index (χ4v) is 3.52. The highest BCUT2D eigenvalue weighted by Crippen LogP contribution is 2.25. The lowest BCUT2D eigenvalue weighted by Crippen LogP contribution is -2.32. The van der Waals surface area contributed by atoms with Crippen LogP contribution in [0.3, 0.4) is 0 Å². The van der Waals surface area contributed by atoms with E-state index in [0.29, 0.717) is 6.54 Å². The van der Waals surface area contributed by atoms with E-state index < -0.39 is 0 Å². The van der Waals surface area contributed by atoms with E-state index >= 15 is 0 Å². The summed E-state index contributed by atoms with van der Waals surface area (Å²) in [7, 11) is 1.64. The molecule has 6 heteroatoms. The van der Waals surface area contributed by atoms with Crippen LogP contribution in [0.15, 0.2) is 52.0 Å². The zero-order valence-corrected chi connectivity index (χ0v) is 14.9. The van der Waals surface area contributed by atoms with Crippen molar-refractivity contribution < 1.29 is 13.9 Å². The first-order chi connectivity index (χ1) is 11.2. The van der Waals surface area contributed by atoms with Gasteiger partial charge < -0.3 is 14.5 Å². The normalized spacial score (nSPS) is 11.9. The van der Waals surface area contributed by atoms with Gasteiger partial charge in [0.1, 0.15) is 11.5 Å². The van der Waals surface area contributed by atoms with Crippen LogP contribution in [-0.4, -0.2) is 30.6 Å². The highest BCUT2D eigenvalue weighted by molar-refractivity contribution is 8.00. The molecule has 0 aliphatic carbocycles. The van der Waals surface area contributed by atoms with Gasteiger partial charge in [-0.3, -0.25) is 4.79 Å². The lowest BCUT2D eigenvalue weighted by Gasteiger charge is -2.12. The number of ether oxygens (including phenoxy) is 1. The average molecular weight is 351 g/mol. The number of rotatable bonds is 9. The monoisotopic (exact) mass is 351 g/mol. The fraction of sp³-hybridized carbons (Fsp3) is 0.353. The van der Waals surface area contributed by atoms with Crippen LogP contribution >= 0.6 is 23.5 Å². The Morgan fingerprint density at radius 3 is 2.74 bits per heavy atom. The lowest BCUT2D eigenvalue weighted by molar-refractivity contribution is -0.120. The van der Waals surface area contributed by atoms with E-state index in [1.807, 2.05) is 43.3 Å². The van der Waals surface area contributed by atoms with E-state index in [2.05, 4.69) is 5.32 Å². The van der Waals surface area contributed by atoms with Gasteiger partial charge in [0.25, 0.3) is 0 Å². The van der Waals surface area contributed by atoms with Crippen LogP contribution in [0.1, 0.15) is 12.7 Å². The van der Waals surface area contributed by atoms with Gasteiger partial charge in [0, 0.05) is 17.2 Å². The summed E-state index contributed by atoms with van der Waals surface area (Å²) < 4.78 is 10.4. The second-order valence-corrected chi connectivity index (χ2v) is 7.38. The molecular weight excluding hydrogens is 330 g/mol. The van der Waals surface area contributed by atoms with E-state index in [9.17, 15) is 4.79 Å². The third kappa shape index (κ3) is 6.23. The largest absolute Gasteiger partial charge is 0.497 e. The quantitative estimate of drug-likeness (QED) is 0.550. The maximum absolute atomic E-state index is 12.1. The van der Waals surface area contributed by atoms with Crippen LogP contribution in [0.2, 0.25) is 0 Å². The van der Waals surface area contributed by atoms with E-state index in [1.54, 1.807) is 36.9 Å². The minimum Gasteiger partial charge on any atom is -0.497 e. The molecule has 0 unspecified atom stereocenters. The first-order valence-electron chi connectivity index (χ1n) is 7.37. The van der Waals surface area contributed by atoms with Crippen molar-refractivity contribution in [2.75, 3.05) is 19.4 Å². The number of nitrogens with one attached hydrogen (secondary N) is 1. The summed E-state index contributed by atoms with van der Waals surface area (Å²) >= 11 is 3.29. The number of methoxy groups -OCH3 is 1. The van der Waals surface area contributed by atoms with Crippen LogP contribution in [-0.2, 0) is 10.5 Å². The molecule has 2 rings (SSSR count). The molecule has 0 saturated carbocycles. The Morgan fingerprint density at radius 2 is 2.09 bits per heavy atom. The average Bonchev–Trinajstić information content (AvgIpc) is 3.08. The standard InChI is InChI=1S/C17H21NO3S2/c1-13(23-16-7-5-14(20-2)6-8-16)17(19)18-9-11-22-12-15-4-3-10-21-15/h3-8,10,13H,9,11-12H2,1-2H3,(H,18,19)/t13-/m1/s1. The molecule has 23 heavy (non-hydrogen) atoms. The predicted octanol–water partition coefficient (Wildman–Crippen LogP) is 3.82. The summed E-state index contributed by atoms with van der Waals surface area (Å²) in [5.74, 6) is 3.54. The van der Waals surface area contributed by atoms with Crippen LogP contribution in [0.4, 0.5) is 0 Å². The molecule has 1 atom stereocenters. The van der Waals surface area contributed by atoms with Gasteiger partial charge in [0.05, 0.1) is 24.4 Å². The summed E-state index contributed by atoms with van der Waals surface area (Å²) in [5, 5.41) is 2.84. The molecule has 1 aromatic heterocycles. The molecule has 2 aromatic rings. The van der Waals surface area contributed by atoms with Gasteiger partial charge in [0.2, 0.25) is 5.91 Å². The van der Waals surface area contributed by atoms with Crippen molar-refractivity contribution in [2.45, 2.75) is 22.8 Å². The molecule has 1 N–H and O–H groups in total. The Labute approximate surface area is 145 Å². The van der Waals surface area contributed by atoms with E-state index in [4.69, 9.17) is 9.15 Å². The Bertz CT molecular complexity index is 584. The van der Waals surface area contributed by atoms with Crippen molar-refractivity contribution in [2.24, 2.45) is 0 Å². The van der Waals surface area contributed by atoms with Gasteiger partial charge in [0.15, 0.2) is 0 Å². The summed E-state index contributed by atoms with van der Waals surface area (Å²) in [4.78, 5) is 13.1. The predicted molar refractivity (Wildman–Crippen MR) is 96.2 cm³/mol. The molecule has 124 valence electrons. The third-order valence-corrected chi connectivity index (χ3v) is 5.20. The third-order valence-electron chi connectivity index (χ3n) is 3.11. The number of hydrogen-bond donors (Lipinski definition) is 1. The maximum Gasteiger partial charge on any atom is 0.233 e. The van der Waals surface area contributed by atoms with Gasteiger partial charge >= 0.3 is 0 Å². The zero-order valence-electron chi connectivity index (χ0n) is 13.3. The summed E-state index contributed by atoms with van der Waals surface area (Å²) in [6, 6.07) is 11.6. The van der Waals surface area contributed by atoms with E-state index in [-0.39, 0.29) is 11.2 Å². The number of amides is 1. The Hall–Kier alpha value is -1.53. The van der Waals surface area contributed by atoms with E-state index in [1.165, 1.54) is 0 Å². The molecule has 1 heterocycles. The van der Waals surface area contributed by atoms with Gasteiger partial charge in [-0.1, -0.05) is 0 Å². The molecule has 0 radical (unpaired) electrons. The molecule has 0 fully saturated rings. The Morgan fingerprint density at radius 1 is 1.30 bits per heavy atom. The summed E-state index contributed by atoms with van der Waals surface area (Å²) in [5.41, 5.74) is 0. The number of hydrogen-bond acceptors (Lipinski definition) is 5. The van der Waals surface area contributed by atoms with Crippen molar-refractivity contribution in [1.82, 2.24) is 5.32 Å². The molecule has 0 aliphatic rings. The summed E-state index contributed by atoms with van der Waals surface area (Å²) in [6.45, 7) is 2.58. The highest BCUT2D eigenvalue weighted by Gasteiger charge is 2.13. The SMILES string of the molecule is COc1ccc(S[C@H](C)C(=O)NCCSCc2ccco2)cc1. The first-order valence-corrected chi connectivity index (χ1v) is 9.41. The van der Waals surface area contributed by atoms with Gasteiger partial charge in [-0.15, -0.1) is 11.8 Å². The number of carbonyl (C=O) groups excluding carboxylic acids is 1. The van der Waals surface area contributed by atoms with Crippen molar-refractivity contribution in [3.8, 4) is 5.75 Å². The molecule has 0 saturated heterocycles. The van der Waals surface area contributed by atoms with Crippen LogP contribution < -0.4 is 10.1 Å². The summed E-state index contributed by atoms with van der Waals surface area (Å²) in [6.07, 6.45) is 1.68. The maximum atomic E-state index is 12.1. The second kappa shape index (κ2) is 9.57. The molecule has 0 spiro atoms. The topological polar surface area (TPSA) is 51.5 Å². The van der Waals surface area contributed by atoms with Gasteiger partial charge in [-0.05, 0) is 43.3 Å². The zero-order chi connectivity index (χ0) is 16.5. The van der Waals surface area contributed by atoms with Gasteiger partial charge in [-0.2, -0.15) is 11.8 Å². The Balaban J connectivity index is 1.63. The van der Waals surface area contributed by atoms with Crippen molar-refractivity contribution in [3.05, 3.63) is 48.4 Å². The van der Waals surface area contributed by atoms with Crippen molar-refractivity contribution in [3.63, 3.8) is 0 Å². The molecule has 1 amide bonds. The smallest absolute Gasteiger partial charge is 0.233 e.